The highest BCUT2D eigenvalue weighted by molar-refractivity contribution is 6.32. The van der Waals surface area contributed by atoms with Crippen molar-refractivity contribution in [1.29, 1.82) is 0 Å². The van der Waals surface area contributed by atoms with Gasteiger partial charge >= 0.3 is 24.2 Å². The normalized spacial score (nSPS) is 11.9. The lowest BCUT2D eigenvalue weighted by Gasteiger charge is -2.22. The molecule has 0 bridgehead atoms. The van der Waals surface area contributed by atoms with Crippen LogP contribution in [0.15, 0.2) is 30.3 Å². The van der Waals surface area contributed by atoms with Crippen LogP contribution < -0.4 is 0 Å². The third-order valence-electron chi connectivity index (χ3n) is 2.71. The molecule has 0 unspecified atom stereocenters. The van der Waals surface area contributed by atoms with Gasteiger partial charge in [0.2, 0.25) is 0 Å². The molecule has 1 amide bonds. The van der Waals surface area contributed by atoms with Crippen molar-refractivity contribution >= 4 is 11.9 Å². The van der Waals surface area contributed by atoms with E-state index in [4.69, 9.17) is 0 Å². The first-order valence-electron chi connectivity index (χ1n) is 6.61. The lowest BCUT2D eigenvalue weighted by molar-refractivity contribution is -0.190. The number of nitrogens with zero attached hydrogens (tertiary/aromatic N) is 1. The van der Waals surface area contributed by atoms with Crippen LogP contribution in [0.2, 0.25) is 0 Å². The van der Waals surface area contributed by atoms with Crippen LogP contribution in [0.3, 0.4) is 0 Å². The van der Waals surface area contributed by atoms with E-state index in [0.29, 0.717) is 10.5 Å². The molecule has 0 fully saturated rings. The summed E-state index contributed by atoms with van der Waals surface area (Å²) in [6.07, 6.45) is -10.8. The molecule has 134 valence electrons. The standard InChI is InChI=1S/C14H13F6NO3/c15-13(16,17)6-7-21(8-10-4-2-1-3-5-10)11(22)12(23)24-9-14(18,19)20/h1-5H,6-9H2. The zero-order valence-electron chi connectivity index (χ0n) is 12.2. The molecule has 0 radical (unpaired) electrons. The maximum absolute atomic E-state index is 12.3. The molecule has 0 heterocycles. The van der Waals surface area contributed by atoms with E-state index in [-0.39, 0.29) is 6.54 Å². The SMILES string of the molecule is O=C(OCC(F)(F)F)C(=O)N(CCC(F)(F)F)Cc1ccccc1. The van der Waals surface area contributed by atoms with E-state index in [9.17, 15) is 35.9 Å². The number of rotatable bonds is 5. The van der Waals surface area contributed by atoms with Gasteiger partial charge in [0.05, 0.1) is 6.42 Å². The molecule has 0 spiro atoms. The Kier molecular flexibility index (Phi) is 6.61. The highest BCUT2D eigenvalue weighted by Gasteiger charge is 2.34. The average molecular weight is 357 g/mol. The van der Waals surface area contributed by atoms with Gasteiger partial charge < -0.3 is 9.64 Å². The van der Waals surface area contributed by atoms with E-state index >= 15 is 0 Å². The van der Waals surface area contributed by atoms with Crippen LogP contribution in [-0.4, -0.2) is 42.3 Å². The van der Waals surface area contributed by atoms with E-state index in [1.165, 1.54) is 12.1 Å². The maximum atomic E-state index is 12.3. The number of carbonyl (C=O) groups is 2. The Hall–Kier alpha value is -2.26. The Morgan fingerprint density at radius 2 is 1.54 bits per heavy atom. The fourth-order valence-corrected chi connectivity index (χ4v) is 1.66. The topological polar surface area (TPSA) is 46.6 Å². The van der Waals surface area contributed by atoms with Crippen LogP contribution in [-0.2, 0) is 20.9 Å². The predicted octanol–water partition coefficient (Wildman–Crippen LogP) is 3.07. The predicted molar refractivity (Wildman–Crippen MR) is 69.5 cm³/mol. The summed E-state index contributed by atoms with van der Waals surface area (Å²) in [4.78, 5) is 23.7. The number of benzene rings is 1. The van der Waals surface area contributed by atoms with Gasteiger partial charge in [0.25, 0.3) is 0 Å². The lowest BCUT2D eigenvalue weighted by Crippen LogP contribution is -2.40. The molecule has 24 heavy (non-hydrogen) atoms. The molecule has 1 aromatic carbocycles. The Labute approximate surface area is 133 Å². The molecule has 0 aliphatic rings. The molecule has 0 aliphatic carbocycles. The Balaban J connectivity index is 2.78. The molecule has 0 saturated carbocycles. The lowest BCUT2D eigenvalue weighted by atomic mass is 10.2. The van der Waals surface area contributed by atoms with Gasteiger partial charge in [0.1, 0.15) is 0 Å². The first-order chi connectivity index (χ1) is 11.0. The summed E-state index contributed by atoms with van der Waals surface area (Å²) in [5.74, 6) is -3.42. The Morgan fingerprint density at radius 1 is 0.958 bits per heavy atom. The van der Waals surface area contributed by atoms with Crippen molar-refractivity contribution in [3.8, 4) is 0 Å². The van der Waals surface area contributed by atoms with Crippen molar-refractivity contribution in [2.45, 2.75) is 25.3 Å². The monoisotopic (exact) mass is 357 g/mol. The van der Waals surface area contributed by atoms with Gasteiger partial charge in [0.15, 0.2) is 6.61 Å². The second-order valence-corrected chi connectivity index (χ2v) is 4.77. The summed E-state index contributed by atoms with van der Waals surface area (Å²) in [6.45, 7) is -3.23. The van der Waals surface area contributed by atoms with Gasteiger partial charge in [-0.3, -0.25) is 4.79 Å². The zero-order valence-corrected chi connectivity index (χ0v) is 12.2. The van der Waals surface area contributed by atoms with E-state index in [1.807, 2.05) is 0 Å². The minimum absolute atomic E-state index is 0.364. The minimum Gasteiger partial charge on any atom is -0.449 e. The first-order valence-corrected chi connectivity index (χ1v) is 6.61. The van der Waals surface area contributed by atoms with Crippen LogP contribution >= 0.6 is 0 Å². The Bertz CT molecular complexity index is 556. The van der Waals surface area contributed by atoms with Crippen molar-refractivity contribution in [1.82, 2.24) is 4.90 Å². The highest BCUT2D eigenvalue weighted by Crippen LogP contribution is 2.21. The quantitative estimate of drug-likeness (QED) is 0.462. The third kappa shape index (κ3) is 7.84. The van der Waals surface area contributed by atoms with Crippen molar-refractivity contribution in [3.05, 3.63) is 35.9 Å². The van der Waals surface area contributed by atoms with Crippen molar-refractivity contribution < 1.29 is 40.7 Å². The van der Waals surface area contributed by atoms with Gasteiger partial charge in [-0.1, -0.05) is 30.3 Å². The second kappa shape index (κ2) is 8.02. The second-order valence-electron chi connectivity index (χ2n) is 4.77. The van der Waals surface area contributed by atoms with Gasteiger partial charge in [-0.25, -0.2) is 4.79 Å². The van der Waals surface area contributed by atoms with Gasteiger partial charge in [-0.15, -0.1) is 0 Å². The zero-order chi connectivity index (χ0) is 18.4. The van der Waals surface area contributed by atoms with E-state index in [1.54, 1.807) is 18.2 Å². The fourth-order valence-electron chi connectivity index (χ4n) is 1.66. The number of alkyl halides is 6. The van der Waals surface area contributed by atoms with E-state index in [2.05, 4.69) is 4.74 Å². The molecule has 0 aromatic heterocycles. The largest absolute Gasteiger partial charge is 0.449 e. The van der Waals surface area contributed by atoms with E-state index < -0.39 is 43.8 Å². The van der Waals surface area contributed by atoms with E-state index in [0.717, 1.165) is 0 Å². The molecular formula is C14H13F6NO3. The van der Waals surface area contributed by atoms with Gasteiger partial charge in [-0.2, -0.15) is 26.3 Å². The Morgan fingerprint density at radius 3 is 2.04 bits per heavy atom. The van der Waals surface area contributed by atoms with Crippen molar-refractivity contribution in [3.63, 3.8) is 0 Å². The molecule has 10 heteroatoms. The summed E-state index contributed by atoms with van der Waals surface area (Å²) in [7, 11) is 0. The molecule has 0 N–H and O–H groups in total. The molecule has 1 rings (SSSR count). The third-order valence-corrected chi connectivity index (χ3v) is 2.71. The average Bonchev–Trinajstić information content (AvgIpc) is 2.47. The molecule has 1 aromatic rings. The molecule has 0 aliphatic heterocycles. The van der Waals surface area contributed by atoms with Gasteiger partial charge in [0, 0.05) is 13.1 Å². The fraction of sp³-hybridized carbons (Fsp3) is 0.429. The first kappa shape index (κ1) is 19.8. The number of ether oxygens (including phenoxy) is 1. The molecular weight excluding hydrogens is 344 g/mol. The minimum atomic E-state index is -4.84. The highest BCUT2D eigenvalue weighted by atomic mass is 19.4. The number of hydrogen-bond donors (Lipinski definition) is 0. The number of amides is 1. The summed E-state index contributed by atoms with van der Waals surface area (Å²) < 4.78 is 76.7. The van der Waals surface area contributed by atoms with Crippen molar-refractivity contribution in [2.75, 3.05) is 13.2 Å². The smallest absolute Gasteiger partial charge is 0.422 e. The van der Waals surface area contributed by atoms with Crippen LogP contribution in [0.1, 0.15) is 12.0 Å². The number of esters is 1. The van der Waals surface area contributed by atoms with Crippen LogP contribution in [0, 0.1) is 0 Å². The number of hydrogen-bond acceptors (Lipinski definition) is 3. The van der Waals surface area contributed by atoms with Crippen LogP contribution in [0.25, 0.3) is 0 Å². The molecule has 4 nitrogen and oxygen atoms in total. The summed E-state index contributed by atoms with van der Waals surface area (Å²) in [5.41, 5.74) is 0.414. The summed E-state index contributed by atoms with van der Waals surface area (Å²) in [6, 6.07) is 7.74. The maximum Gasteiger partial charge on any atom is 0.422 e. The number of carbonyl (C=O) groups excluding carboxylic acids is 2. The van der Waals surface area contributed by atoms with Gasteiger partial charge in [-0.05, 0) is 5.56 Å². The summed E-state index contributed by atoms with van der Waals surface area (Å²) in [5, 5.41) is 0. The van der Waals surface area contributed by atoms with Crippen molar-refractivity contribution in [2.24, 2.45) is 0 Å². The molecule has 0 saturated heterocycles. The summed E-state index contributed by atoms with van der Waals surface area (Å²) >= 11 is 0. The van der Waals surface area contributed by atoms with Crippen LogP contribution in [0.5, 0.6) is 0 Å². The number of halogens is 6. The van der Waals surface area contributed by atoms with Crippen LogP contribution in [0.4, 0.5) is 26.3 Å². The molecule has 0 atom stereocenters.